The highest BCUT2D eigenvalue weighted by molar-refractivity contribution is 9.11. The van der Waals surface area contributed by atoms with Crippen molar-refractivity contribution in [1.82, 2.24) is 0 Å². The zero-order valence-electron chi connectivity index (χ0n) is 9.48. The van der Waals surface area contributed by atoms with Gasteiger partial charge in [0, 0.05) is 19.7 Å². The van der Waals surface area contributed by atoms with Crippen LogP contribution < -0.4 is 9.47 Å². The van der Waals surface area contributed by atoms with E-state index in [1.54, 1.807) is 14.2 Å². The molecule has 0 saturated heterocycles. The van der Waals surface area contributed by atoms with Crippen molar-refractivity contribution in [1.29, 1.82) is 0 Å². The van der Waals surface area contributed by atoms with E-state index in [2.05, 4.69) is 63.7 Å². The van der Waals surface area contributed by atoms with Gasteiger partial charge in [-0.25, -0.2) is 0 Å². The second-order valence-electron chi connectivity index (χ2n) is 3.50. The van der Waals surface area contributed by atoms with E-state index < -0.39 is 0 Å². The van der Waals surface area contributed by atoms with Crippen LogP contribution in [0.15, 0.2) is 30.0 Å². The summed E-state index contributed by atoms with van der Waals surface area (Å²) in [6, 6.07) is 3.89. The van der Waals surface area contributed by atoms with Crippen molar-refractivity contribution in [2.45, 2.75) is 0 Å². The average Bonchev–Trinajstić information content (AvgIpc) is 2.30. The molecule has 0 aliphatic rings. The third kappa shape index (κ3) is 2.32. The van der Waals surface area contributed by atoms with Crippen LogP contribution in [0, 0.1) is 0 Å². The summed E-state index contributed by atoms with van der Waals surface area (Å²) in [6.07, 6.45) is 0. The maximum absolute atomic E-state index is 5.46. The Morgan fingerprint density at radius 3 is 1.28 bits per heavy atom. The molecule has 2 aromatic carbocycles. The summed E-state index contributed by atoms with van der Waals surface area (Å²) in [4.78, 5) is 0. The third-order valence-corrected chi connectivity index (χ3v) is 4.96. The van der Waals surface area contributed by atoms with Crippen molar-refractivity contribution in [2.75, 3.05) is 14.2 Å². The number of hydrogen-bond acceptors (Lipinski definition) is 2. The molecule has 0 atom stereocenters. The minimum atomic E-state index is 0.769. The normalized spacial score (nSPS) is 10.8. The molecule has 0 unspecified atom stereocenters. The Kier molecular flexibility index (Phi) is 4.62. The van der Waals surface area contributed by atoms with Crippen molar-refractivity contribution in [3.8, 4) is 11.5 Å². The van der Waals surface area contributed by atoms with E-state index in [-0.39, 0.29) is 0 Å². The Morgan fingerprint density at radius 2 is 1.00 bits per heavy atom. The van der Waals surface area contributed by atoms with Crippen LogP contribution in [0.5, 0.6) is 11.5 Å². The van der Waals surface area contributed by atoms with Crippen molar-refractivity contribution < 1.29 is 9.47 Å². The summed E-state index contributed by atoms with van der Waals surface area (Å²) in [5.41, 5.74) is 0. The molecule has 0 heterocycles. The highest BCUT2D eigenvalue weighted by Crippen LogP contribution is 2.48. The van der Waals surface area contributed by atoms with Crippen LogP contribution in [0.25, 0.3) is 10.8 Å². The summed E-state index contributed by atoms with van der Waals surface area (Å²) < 4.78 is 14.6. The fourth-order valence-electron chi connectivity index (χ4n) is 1.82. The summed E-state index contributed by atoms with van der Waals surface area (Å²) >= 11 is 14.1. The van der Waals surface area contributed by atoms with E-state index in [1.165, 1.54) is 0 Å². The fourth-order valence-corrected chi connectivity index (χ4v) is 4.83. The zero-order valence-corrected chi connectivity index (χ0v) is 15.8. The van der Waals surface area contributed by atoms with Gasteiger partial charge in [0.1, 0.15) is 11.5 Å². The lowest BCUT2D eigenvalue weighted by atomic mass is 10.1. The first-order valence-electron chi connectivity index (χ1n) is 4.89. The van der Waals surface area contributed by atoms with Gasteiger partial charge >= 0.3 is 0 Å². The molecule has 0 aliphatic carbocycles. The molecule has 0 spiro atoms. The summed E-state index contributed by atoms with van der Waals surface area (Å²) in [5.74, 6) is 1.54. The maximum Gasteiger partial charge on any atom is 0.142 e. The van der Waals surface area contributed by atoms with Gasteiger partial charge in [0.2, 0.25) is 0 Å². The first kappa shape index (κ1) is 14.6. The van der Waals surface area contributed by atoms with Gasteiger partial charge in [-0.1, -0.05) is 0 Å². The van der Waals surface area contributed by atoms with Gasteiger partial charge in [0.25, 0.3) is 0 Å². The predicted octanol–water partition coefficient (Wildman–Crippen LogP) is 5.91. The van der Waals surface area contributed by atoms with Crippen LogP contribution in [-0.2, 0) is 0 Å². The number of methoxy groups -OCH3 is 2. The van der Waals surface area contributed by atoms with E-state index in [1.807, 2.05) is 12.1 Å². The number of fused-ring (bicyclic) bond motifs is 1. The molecule has 2 aromatic rings. The largest absolute Gasteiger partial charge is 0.495 e. The van der Waals surface area contributed by atoms with Crippen LogP contribution in [0.1, 0.15) is 0 Å². The van der Waals surface area contributed by atoms with Gasteiger partial charge in [0.15, 0.2) is 0 Å². The van der Waals surface area contributed by atoms with E-state index >= 15 is 0 Å². The molecule has 0 aromatic heterocycles. The first-order valence-corrected chi connectivity index (χ1v) is 8.06. The van der Waals surface area contributed by atoms with Crippen molar-refractivity contribution >= 4 is 74.5 Å². The van der Waals surface area contributed by atoms with E-state index in [9.17, 15) is 0 Å². The Bertz CT molecular complexity index is 570. The summed E-state index contributed by atoms with van der Waals surface area (Å²) in [7, 11) is 3.29. The molecular formula is C12H8Br4O2. The van der Waals surface area contributed by atoms with Crippen LogP contribution in [0.2, 0.25) is 0 Å². The van der Waals surface area contributed by atoms with Gasteiger partial charge in [0.05, 0.1) is 23.2 Å². The van der Waals surface area contributed by atoms with Gasteiger partial charge < -0.3 is 9.47 Å². The fraction of sp³-hybridized carbons (Fsp3) is 0.167. The van der Waals surface area contributed by atoms with Gasteiger partial charge in [-0.2, -0.15) is 0 Å². The number of ether oxygens (including phenoxy) is 2. The molecule has 6 heteroatoms. The van der Waals surface area contributed by atoms with Gasteiger partial charge in [-0.15, -0.1) is 0 Å². The molecule has 2 rings (SSSR count). The maximum atomic E-state index is 5.46. The Morgan fingerprint density at radius 1 is 0.667 bits per heavy atom. The second kappa shape index (κ2) is 5.69. The van der Waals surface area contributed by atoms with E-state index in [0.717, 1.165) is 40.2 Å². The van der Waals surface area contributed by atoms with E-state index in [0.29, 0.717) is 0 Å². The number of hydrogen-bond donors (Lipinski definition) is 0. The lowest BCUT2D eigenvalue weighted by Gasteiger charge is -2.15. The monoisotopic (exact) mass is 500 g/mol. The van der Waals surface area contributed by atoms with Crippen molar-refractivity contribution in [3.63, 3.8) is 0 Å². The quantitative estimate of drug-likeness (QED) is 0.507. The average molecular weight is 504 g/mol. The van der Waals surface area contributed by atoms with Crippen LogP contribution in [-0.4, -0.2) is 14.2 Å². The summed E-state index contributed by atoms with van der Waals surface area (Å²) in [5, 5.41) is 1.91. The molecule has 0 saturated carbocycles. The highest BCUT2D eigenvalue weighted by atomic mass is 79.9. The first-order chi connectivity index (χ1) is 8.51. The predicted molar refractivity (Wildman–Crippen MR) is 87.9 cm³/mol. The van der Waals surface area contributed by atoms with Gasteiger partial charge in [-0.05, 0) is 75.9 Å². The topological polar surface area (TPSA) is 18.5 Å². The Hall–Kier alpha value is 0.220. The molecule has 0 aliphatic heterocycles. The Balaban J connectivity index is 3.06. The van der Waals surface area contributed by atoms with E-state index in [4.69, 9.17) is 9.47 Å². The molecule has 0 radical (unpaired) electrons. The lowest BCUT2D eigenvalue weighted by molar-refractivity contribution is 0.412. The van der Waals surface area contributed by atoms with Crippen LogP contribution in [0.3, 0.4) is 0 Å². The molecule has 0 N–H and O–H groups in total. The SMILES string of the molecule is COc1c(Br)cc(Br)c2c(OC)c(Br)cc(Br)c12. The molecule has 0 bridgehead atoms. The minimum Gasteiger partial charge on any atom is -0.495 e. The zero-order chi connectivity index (χ0) is 13.4. The lowest BCUT2D eigenvalue weighted by Crippen LogP contribution is -1.93. The molecular weight excluding hydrogens is 496 g/mol. The smallest absolute Gasteiger partial charge is 0.142 e. The molecule has 0 fully saturated rings. The van der Waals surface area contributed by atoms with Crippen molar-refractivity contribution in [2.24, 2.45) is 0 Å². The number of rotatable bonds is 2. The highest BCUT2D eigenvalue weighted by Gasteiger charge is 2.19. The molecule has 2 nitrogen and oxygen atoms in total. The van der Waals surface area contributed by atoms with Crippen LogP contribution in [0.4, 0.5) is 0 Å². The molecule has 96 valence electrons. The van der Waals surface area contributed by atoms with Crippen LogP contribution >= 0.6 is 63.7 Å². The standard InChI is InChI=1S/C12H8Br4O2/c1-17-11-7(15)3-6(14)10-9(11)5(13)4-8(16)12(10)18-2/h3-4H,1-2H3. The number of benzene rings is 2. The minimum absolute atomic E-state index is 0.769. The Labute approximate surface area is 139 Å². The molecule has 18 heavy (non-hydrogen) atoms. The third-order valence-electron chi connectivity index (χ3n) is 2.53. The summed E-state index contributed by atoms with van der Waals surface area (Å²) in [6.45, 7) is 0. The molecule has 0 amide bonds. The number of halogens is 4. The van der Waals surface area contributed by atoms with Crippen molar-refractivity contribution in [3.05, 3.63) is 30.0 Å². The van der Waals surface area contributed by atoms with Gasteiger partial charge in [-0.3, -0.25) is 0 Å². The second-order valence-corrected chi connectivity index (χ2v) is 6.91.